The molecule has 1 amide bonds. The summed E-state index contributed by atoms with van der Waals surface area (Å²) in [6.07, 6.45) is -3.29. The zero-order valence-electron chi connectivity index (χ0n) is 24.8. The lowest BCUT2D eigenvalue weighted by Crippen LogP contribution is -2.35. The first-order valence-electron chi connectivity index (χ1n) is 13.6. The molecule has 11 nitrogen and oxygen atoms in total. The number of aromatic amines is 1. The number of imidazole rings is 1. The molecule has 1 aromatic heterocycles. The maximum Gasteiger partial charge on any atom is 0.490 e. The molecule has 0 radical (unpaired) electrons. The van der Waals surface area contributed by atoms with Crippen LogP contribution < -0.4 is 10.1 Å². The number of nitrogens with one attached hydrogen (secondary N) is 2. The van der Waals surface area contributed by atoms with Crippen molar-refractivity contribution in [1.29, 1.82) is 0 Å². The van der Waals surface area contributed by atoms with E-state index in [0.717, 1.165) is 68.0 Å². The minimum Gasteiger partial charge on any atom is -0.497 e. The number of carbonyl (C=O) groups excluding carboxylic acids is 2. The number of hydrogen-bond donors (Lipinski definition) is 4. The molecule has 1 aromatic carbocycles. The zero-order chi connectivity index (χ0) is 34.4. The van der Waals surface area contributed by atoms with Crippen molar-refractivity contribution < 1.29 is 60.5 Å². The number of unbranched alkanes of at least 4 members (excludes halogenated alkanes) is 2. The highest BCUT2D eigenvalue weighted by Gasteiger charge is 2.39. The highest BCUT2D eigenvalue weighted by molar-refractivity contribution is 5.79. The summed E-state index contributed by atoms with van der Waals surface area (Å²) >= 11 is 0. The summed E-state index contributed by atoms with van der Waals surface area (Å²) in [6.45, 7) is 3.38. The zero-order valence-corrected chi connectivity index (χ0v) is 24.8. The standard InChI is InChI=1S/C24H34N4O3.2C2HF3O2/c1-17(29)8-5-4-6-11-21(27-24(30)19-12-13-28(2)16-19)23-25-15-22(26-23)18-9-7-10-20(14-18)31-3;2*3-2(4,5)1(6)7/h7,9-10,14-15,19,21H,4-6,8,11-13,16H2,1-3H3,(H,25,26)(H,27,30);2*(H,6,7)/t19-,21-;;/m0../s1. The van der Waals surface area contributed by atoms with E-state index in [-0.39, 0.29) is 23.7 Å². The van der Waals surface area contributed by atoms with E-state index in [9.17, 15) is 35.9 Å². The van der Waals surface area contributed by atoms with Crippen LogP contribution >= 0.6 is 0 Å². The normalized spacial score (nSPS) is 15.5. The van der Waals surface area contributed by atoms with Gasteiger partial charge in [-0.1, -0.05) is 25.0 Å². The molecule has 1 fully saturated rings. The minimum atomic E-state index is -5.08. The van der Waals surface area contributed by atoms with E-state index < -0.39 is 24.3 Å². The van der Waals surface area contributed by atoms with Crippen LogP contribution in [0, 0.1) is 5.92 Å². The second-order valence-electron chi connectivity index (χ2n) is 10.1. The third kappa shape index (κ3) is 14.9. The lowest BCUT2D eigenvalue weighted by atomic mass is 10.0. The number of Topliss-reactive ketones (excluding diaryl/α,β-unsaturated/α-hetero) is 1. The molecule has 4 N–H and O–H groups in total. The number of aliphatic carboxylic acids is 2. The molecule has 0 saturated carbocycles. The smallest absolute Gasteiger partial charge is 0.490 e. The number of likely N-dealkylation sites (tertiary alicyclic amines) is 1. The van der Waals surface area contributed by atoms with Gasteiger partial charge < -0.3 is 34.9 Å². The number of H-pyrrole nitrogens is 1. The lowest BCUT2D eigenvalue weighted by molar-refractivity contribution is -0.193. The van der Waals surface area contributed by atoms with E-state index >= 15 is 0 Å². The molecule has 252 valence electrons. The molecular weight excluding hydrogens is 618 g/mol. The summed E-state index contributed by atoms with van der Waals surface area (Å²) in [7, 11) is 3.70. The van der Waals surface area contributed by atoms with Crippen molar-refractivity contribution in [3.8, 4) is 17.0 Å². The number of carboxylic acid groups (broad SMARTS) is 2. The van der Waals surface area contributed by atoms with Crippen LogP contribution in [0.15, 0.2) is 30.5 Å². The number of halogens is 6. The van der Waals surface area contributed by atoms with E-state index in [0.29, 0.717) is 6.42 Å². The number of rotatable bonds is 11. The summed E-state index contributed by atoms with van der Waals surface area (Å²) in [5.41, 5.74) is 1.88. The first-order valence-corrected chi connectivity index (χ1v) is 13.6. The molecule has 45 heavy (non-hydrogen) atoms. The van der Waals surface area contributed by atoms with E-state index in [1.54, 1.807) is 14.0 Å². The van der Waals surface area contributed by atoms with Gasteiger partial charge in [-0.2, -0.15) is 26.3 Å². The second-order valence-corrected chi connectivity index (χ2v) is 10.1. The van der Waals surface area contributed by atoms with Crippen LogP contribution in [-0.2, 0) is 19.2 Å². The quantitative estimate of drug-likeness (QED) is 0.193. The molecule has 0 bridgehead atoms. The molecule has 2 atom stereocenters. The molecule has 17 heteroatoms. The molecule has 1 aliphatic rings. The fourth-order valence-electron chi connectivity index (χ4n) is 4.07. The van der Waals surface area contributed by atoms with Crippen LogP contribution in [0.25, 0.3) is 11.3 Å². The van der Waals surface area contributed by atoms with E-state index in [2.05, 4.69) is 20.2 Å². The molecule has 3 rings (SSSR count). The van der Waals surface area contributed by atoms with Gasteiger partial charge in [0.25, 0.3) is 0 Å². The molecule has 1 aliphatic heterocycles. The molecule has 0 spiro atoms. The predicted molar refractivity (Wildman–Crippen MR) is 148 cm³/mol. The number of nitrogens with zero attached hydrogens (tertiary/aromatic N) is 2. The number of benzene rings is 1. The summed E-state index contributed by atoms with van der Waals surface area (Å²) in [6, 6.07) is 7.64. The van der Waals surface area contributed by atoms with Gasteiger partial charge in [-0.25, -0.2) is 14.6 Å². The average Bonchev–Trinajstić information content (AvgIpc) is 3.61. The topological polar surface area (TPSA) is 162 Å². The van der Waals surface area contributed by atoms with Gasteiger partial charge in [0.2, 0.25) is 5.91 Å². The van der Waals surface area contributed by atoms with Crippen LogP contribution in [0.1, 0.15) is 57.3 Å². The van der Waals surface area contributed by atoms with Crippen molar-refractivity contribution in [2.45, 2.75) is 63.8 Å². The Hall–Kier alpha value is -4.15. The number of carboxylic acids is 2. The van der Waals surface area contributed by atoms with E-state index in [1.807, 2.05) is 37.5 Å². The monoisotopic (exact) mass is 654 g/mol. The fraction of sp³-hybridized carbons (Fsp3) is 0.536. The predicted octanol–water partition coefficient (Wildman–Crippen LogP) is 5.00. The number of ether oxygens (including phenoxy) is 1. The fourth-order valence-corrected chi connectivity index (χ4v) is 4.07. The summed E-state index contributed by atoms with van der Waals surface area (Å²) in [5, 5.41) is 17.5. The number of carbonyl (C=O) groups is 4. The van der Waals surface area contributed by atoms with Crippen LogP contribution in [0.3, 0.4) is 0 Å². The lowest BCUT2D eigenvalue weighted by Gasteiger charge is -2.19. The van der Waals surface area contributed by atoms with Crippen molar-refractivity contribution in [3.05, 3.63) is 36.3 Å². The van der Waals surface area contributed by atoms with E-state index in [1.165, 1.54) is 0 Å². The van der Waals surface area contributed by atoms with Gasteiger partial charge in [0, 0.05) is 18.5 Å². The van der Waals surface area contributed by atoms with Crippen molar-refractivity contribution in [2.24, 2.45) is 5.92 Å². The molecule has 1 saturated heterocycles. The Labute approximate surface area is 255 Å². The first-order chi connectivity index (χ1) is 20.8. The van der Waals surface area contributed by atoms with Crippen LogP contribution in [0.4, 0.5) is 26.3 Å². The van der Waals surface area contributed by atoms with Gasteiger partial charge in [-0.15, -0.1) is 0 Å². The Morgan fingerprint density at radius 3 is 2.16 bits per heavy atom. The number of alkyl halides is 6. The number of ketones is 1. The van der Waals surface area contributed by atoms with Gasteiger partial charge in [-0.05, 0) is 51.9 Å². The van der Waals surface area contributed by atoms with E-state index in [4.69, 9.17) is 24.5 Å². The maximum atomic E-state index is 12.9. The number of hydrogen-bond acceptors (Lipinski definition) is 7. The third-order valence-electron chi connectivity index (χ3n) is 6.39. The van der Waals surface area contributed by atoms with Crippen molar-refractivity contribution >= 4 is 23.6 Å². The largest absolute Gasteiger partial charge is 0.497 e. The molecular formula is C28H36F6N4O7. The Morgan fingerprint density at radius 1 is 1.07 bits per heavy atom. The van der Waals surface area contributed by atoms with Crippen molar-refractivity contribution in [2.75, 3.05) is 27.2 Å². The second kappa shape index (κ2) is 18.0. The van der Waals surface area contributed by atoms with Crippen molar-refractivity contribution in [1.82, 2.24) is 20.2 Å². The van der Waals surface area contributed by atoms with Gasteiger partial charge >= 0.3 is 24.3 Å². The van der Waals surface area contributed by atoms with Crippen LogP contribution in [0.2, 0.25) is 0 Å². The molecule has 0 unspecified atom stereocenters. The first kappa shape index (κ1) is 38.9. The Morgan fingerprint density at radius 2 is 1.67 bits per heavy atom. The summed E-state index contributed by atoms with van der Waals surface area (Å²) < 4.78 is 68.8. The molecule has 2 heterocycles. The highest BCUT2D eigenvalue weighted by atomic mass is 19.4. The summed E-state index contributed by atoms with van der Waals surface area (Å²) in [4.78, 5) is 52.0. The number of methoxy groups -OCH3 is 1. The SMILES string of the molecule is COc1cccc(-c2cnc([C@H](CCCCCC(C)=O)NC(=O)[C@H]3CCN(C)C3)[nH]2)c1.O=C(O)C(F)(F)F.O=C(O)C(F)(F)F. The number of amides is 1. The molecule has 0 aliphatic carbocycles. The van der Waals surface area contributed by atoms with Crippen LogP contribution in [-0.4, -0.2) is 88.3 Å². The molecule has 2 aromatic rings. The van der Waals surface area contributed by atoms with Gasteiger partial charge in [0.05, 0.1) is 31.0 Å². The maximum absolute atomic E-state index is 12.9. The third-order valence-corrected chi connectivity index (χ3v) is 6.39. The average molecular weight is 655 g/mol. The Kier molecular flexibility index (Phi) is 15.5. The van der Waals surface area contributed by atoms with Gasteiger partial charge in [0.1, 0.15) is 17.4 Å². The minimum absolute atomic E-state index is 0.0260. The van der Waals surface area contributed by atoms with Crippen molar-refractivity contribution in [3.63, 3.8) is 0 Å². The Bertz CT molecular complexity index is 1240. The number of aromatic nitrogens is 2. The Balaban J connectivity index is 0.000000601. The summed E-state index contributed by atoms with van der Waals surface area (Å²) in [5.74, 6) is -3.61. The highest BCUT2D eigenvalue weighted by Crippen LogP contribution is 2.26. The van der Waals surface area contributed by atoms with Gasteiger partial charge in [-0.3, -0.25) is 4.79 Å². The van der Waals surface area contributed by atoms with Gasteiger partial charge in [0.15, 0.2) is 0 Å². The van der Waals surface area contributed by atoms with Crippen LogP contribution in [0.5, 0.6) is 5.75 Å².